The van der Waals surface area contributed by atoms with E-state index in [0.29, 0.717) is 0 Å². The van der Waals surface area contributed by atoms with Gasteiger partial charge >= 0.3 is 0 Å². The summed E-state index contributed by atoms with van der Waals surface area (Å²) in [6.07, 6.45) is 1.97. The van der Waals surface area contributed by atoms with Crippen LogP contribution in [0.2, 0.25) is 0 Å². The highest BCUT2D eigenvalue weighted by atomic mass is 14.6. The molecule has 0 fully saturated rings. The van der Waals surface area contributed by atoms with E-state index >= 15 is 0 Å². The maximum Gasteiger partial charge on any atom is 0.0459 e. The summed E-state index contributed by atoms with van der Waals surface area (Å²) < 4.78 is 0. The highest BCUT2D eigenvalue weighted by Gasteiger charge is 2.04. The van der Waals surface area contributed by atoms with Crippen LogP contribution in [0.3, 0.4) is 0 Å². The summed E-state index contributed by atoms with van der Waals surface area (Å²) in [7, 11) is 0. The van der Waals surface area contributed by atoms with Gasteiger partial charge < -0.3 is 4.98 Å². The van der Waals surface area contributed by atoms with Gasteiger partial charge in [0.2, 0.25) is 0 Å². The Morgan fingerprint density at radius 2 is 1.53 bits per heavy atom. The van der Waals surface area contributed by atoms with E-state index < -0.39 is 0 Å². The fourth-order valence-electron chi connectivity index (χ4n) is 2.57. The molecule has 3 aromatic carbocycles. The van der Waals surface area contributed by atoms with E-state index in [9.17, 15) is 0 Å². The molecule has 1 N–H and O–H groups in total. The quantitative estimate of drug-likeness (QED) is 0.447. The highest BCUT2D eigenvalue weighted by Crippen LogP contribution is 2.31. The van der Waals surface area contributed by atoms with E-state index in [1.807, 2.05) is 12.3 Å². The van der Waals surface area contributed by atoms with Gasteiger partial charge in [-0.05, 0) is 51.2 Å². The van der Waals surface area contributed by atoms with Crippen molar-refractivity contribution in [2.75, 3.05) is 0 Å². The summed E-state index contributed by atoms with van der Waals surface area (Å²) in [4.78, 5) is 3.29. The van der Waals surface area contributed by atoms with E-state index in [2.05, 4.69) is 53.5 Å². The zero-order valence-corrected chi connectivity index (χ0v) is 9.27. The summed E-state index contributed by atoms with van der Waals surface area (Å²) in [6, 6.07) is 19.5. The Kier molecular flexibility index (Phi) is 1.61. The van der Waals surface area contributed by atoms with Crippen LogP contribution >= 0.6 is 0 Å². The van der Waals surface area contributed by atoms with Crippen LogP contribution in [0.25, 0.3) is 32.4 Å². The predicted molar refractivity (Wildman–Crippen MR) is 73.3 cm³/mol. The van der Waals surface area contributed by atoms with Crippen LogP contribution in [0.5, 0.6) is 0 Å². The van der Waals surface area contributed by atoms with Crippen LogP contribution in [-0.4, -0.2) is 4.98 Å². The number of aromatic nitrogens is 1. The minimum Gasteiger partial charge on any atom is -0.361 e. The molecule has 1 heteroatoms. The van der Waals surface area contributed by atoms with Crippen molar-refractivity contribution in [1.29, 1.82) is 0 Å². The van der Waals surface area contributed by atoms with Crippen molar-refractivity contribution in [3.8, 4) is 0 Å². The predicted octanol–water partition coefficient (Wildman–Crippen LogP) is 4.47. The summed E-state index contributed by atoms with van der Waals surface area (Å²) in [5.41, 5.74) is 1.19. The third-order valence-corrected chi connectivity index (χ3v) is 3.39. The molecule has 1 heterocycles. The molecule has 4 aromatic rings. The molecule has 0 aliphatic heterocycles. The maximum absolute atomic E-state index is 3.29. The van der Waals surface area contributed by atoms with E-state index in [-0.39, 0.29) is 0 Å². The first kappa shape index (κ1) is 8.82. The minimum absolute atomic E-state index is 1.19. The lowest BCUT2D eigenvalue weighted by Crippen LogP contribution is -1.76. The molecule has 0 unspecified atom stereocenters. The summed E-state index contributed by atoms with van der Waals surface area (Å²) in [5.74, 6) is 0. The van der Waals surface area contributed by atoms with Crippen molar-refractivity contribution in [3.63, 3.8) is 0 Å². The smallest absolute Gasteiger partial charge is 0.0459 e. The van der Waals surface area contributed by atoms with Gasteiger partial charge in [-0.25, -0.2) is 0 Å². The van der Waals surface area contributed by atoms with Crippen molar-refractivity contribution in [1.82, 2.24) is 4.98 Å². The Morgan fingerprint density at radius 1 is 0.647 bits per heavy atom. The molecule has 0 aliphatic rings. The largest absolute Gasteiger partial charge is 0.361 e. The molecule has 0 bridgehead atoms. The fraction of sp³-hybridized carbons (Fsp3) is 0. The van der Waals surface area contributed by atoms with Crippen molar-refractivity contribution < 1.29 is 0 Å². The molecule has 0 aliphatic carbocycles. The standard InChI is InChI=1S/C16H11N/c1-2-6-14-11(4-1)8-13-10-16-12(9-15(13)14)5-3-7-17-16/h1-10,17H. The van der Waals surface area contributed by atoms with Crippen molar-refractivity contribution in [2.45, 2.75) is 0 Å². The first-order valence-electron chi connectivity index (χ1n) is 5.80. The minimum atomic E-state index is 1.19. The molecule has 1 aromatic heterocycles. The van der Waals surface area contributed by atoms with Crippen LogP contribution in [0.15, 0.2) is 60.8 Å². The summed E-state index contributed by atoms with van der Waals surface area (Å²) in [6.45, 7) is 0. The van der Waals surface area contributed by atoms with Crippen molar-refractivity contribution in [2.24, 2.45) is 0 Å². The number of benzene rings is 2. The van der Waals surface area contributed by atoms with Crippen LogP contribution in [0.4, 0.5) is 0 Å². The lowest BCUT2D eigenvalue weighted by Gasteiger charge is -1.99. The number of nitrogens with one attached hydrogen (secondary N) is 1. The number of hydrogen-bond acceptors (Lipinski definition) is 0. The molecular formula is C16H11N. The number of hydrogen-bond donors (Lipinski definition) is 1. The third-order valence-electron chi connectivity index (χ3n) is 3.39. The molecule has 0 atom stereocenters. The summed E-state index contributed by atoms with van der Waals surface area (Å²) in [5, 5.41) is 6.57. The summed E-state index contributed by atoms with van der Waals surface area (Å²) >= 11 is 0. The Morgan fingerprint density at radius 3 is 2.53 bits per heavy atom. The van der Waals surface area contributed by atoms with Crippen molar-refractivity contribution in [3.05, 3.63) is 60.8 Å². The maximum atomic E-state index is 3.29. The zero-order valence-electron chi connectivity index (χ0n) is 9.27. The highest BCUT2D eigenvalue weighted by molar-refractivity contribution is 6.15. The molecule has 0 amide bonds. The van der Waals surface area contributed by atoms with Gasteiger partial charge in [-0.1, -0.05) is 30.3 Å². The first-order valence-corrected chi connectivity index (χ1v) is 5.80. The fourth-order valence-corrected chi connectivity index (χ4v) is 2.57. The molecule has 1 nitrogen and oxygen atoms in total. The molecular weight excluding hydrogens is 206 g/mol. The third kappa shape index (κ3) is 1.19. The molecule has 80 valence electrons. The second-order valence-electron chi connectivity index (χ2n) is 4.43. The van der Waals surface area contributed by atoms with Crippen molar-refractivity contribution >= 4 is 32.4 Å². The van der Waals surface area contributed by atoms with Gasteiger partial charge in [-0.2, -0.15) is 0 Å². The molecule has 0 radical (unpaired) electrons. The Bertz CT molecular complexity index is 834. The average molecular weight is 217 g/mol. The number of rotatable bonds is 0. The lowest BCUT2D eigenvalue weighted by atomic mass is 10.1. The Labute approximate surface area is 98.7 Å². The average Bonchev–Trinajstić information content (AvgIpc) is 2.73. The van der Waals surface area contributed by atoms with Gasteiger partial charge in [-0.3, -0.25) is 0 Å². The number of H-pyrrole nitrogens is 1. The second kappa shape index (κ2) is 3.11. The molecule has 0 saturated heterocycles. The number of aromatic amines is 1. The molecule has 0 spiro atoms. The van der Waals surface area contributed by atoms with Gasteiger partial charge in [0.1, 0.15) is 0 Å². The number of fused-ring (bicyclic) bond motifs is 4. The molecule has 17 heavy (non-hydrogen) atoms. The normalized spacial score (nSPS) is 11.5. The van der Waals surface area contributed by atoms with Gasteiger partial charge in [0, 0.05) is 11.7 Å². The first-order chi connectivity index (χ1) is 8.42. The number of pyridine rings is 1. The second-order valence-corrected chi connectivity index (χ2v) is 4.43. The Balaban J connectivity index is 2.28. The molecule has 4 rings (SSSR count). The topological polar surface area (TPSA) is 15.8 Å². The van der Waals surface area contributed by atoms with Gasteiger partial charge in [0.05, 0.1) is 0 Å². The van der Waals surface area contributed by atoms with Crippen LogP contribution < -0.4 is 0 Å². The van der Waals surface area contributed by atoms with Gasteiger partial charge in [0.25, 0.3) is 0 Å². The van der Waals surface area contributed by atoms with Crippen LogP contribution in [-0.2, 0) is 0 Å². The van der Waals surface area contributed by atoms with E-state index in [1.54, 1.807) is 0 Å². The SMILES string of the molecule is c1c[nH]c2cc3cc4ccccc4c3cc2c1. The molecule has 0 saturated carbocycles. The van der Waals surface area contributed by atoms with Gasteiger partial charge in [0.15, 0.2) is 0 Å². The zero-order chi connectivity index (χ0) is 11.2. The van der Waals surface area contributed by atoms with E-state index in [1.165, 1.54) is 32.4 Å². The van der Waals surface area contributed by atoms with Crippen LogP contribution in [0.1, 0.15) is 0 Å². The van der Waals surface area contributed by atoms with Gasteiger partial charge in [-0.15, -0.1) is 0 Å². The van der Waals surface area contributed by atoms with Crippen LogP contribution in [0, 0.1) is 0 Å². The van der Waals surface area contributed by atoms with E-state index in [0.717, 1.165) is 0 Å². The monoisotopic (exact) mass is 217 g/mol. The lowest BCUT2D eigenvalue weighted by molar-refractivity contribution is 1.42. The van der Waals surface area contributed by atoms with E-state index in [4.69, 9.17) is 0 Å². The Hall–Kier alpha value is -2.28.